The zero-order valence-electron chi connectivity index (χ0n) is 27.7. The van der Waals surface area contributed by atoms with E-state index in [2.05, 4.69) is 23.3 Å². The maximum Gasteiger partial charge on any atom is 0.233 e. The quantitative estimate of drug-likeness (QED) is 0.211. The average molecular weight is 647 g/mol. The number of pyridine rings is 1. The molecule has 1 aliphatic heterocycles. The van der Waals surface area contributed by atoms with Crippen molar-refractivity contribution < 1.29 is 19.1 Å². The molecule has 1 fully saturated rings. The summed E-state index contributed by atoms with van der Waals surface area (Å²) >= 11 is 6.27. The Bertz CT molecular complexity index is 1490. The van der Waals surface area contributed by atoms with E-state index < -0.39 is 6.04 Å². The molecule has 1 atom stereocenters. The van der Waals surface area contributed by atoms with E-state index in [-0.39, 0.29) is 18.4 Å². The number of Topliss-reactive ketones (excluding diaryl/α,β-unsaturated/α-hetero) is 1. The number of ketones is 1. The van der Waals surface area contributed by atoms with Crippen molar-refractivity contribution in [1.29, 1.82) is 0 Å². The molecule has 1 aliphatic carbocycles. The van der Waals surface area contributed by atoms with Gasteiger partial charge < -0.3 is 19.7 Å². The van der Waals surface area contributed by atoms with Crippen LogP contribution < -0.4 is 24.6 Å². The Morgan fingerprint density at radius 2 is 1.83 bits per heavy atom. The van der Waals surface area contributed by atoms with Crippen LogP contribution in [0.4, 0.5) is 11.5 Å². The Kier molecular flexibility index (Phi) is 11.2. The molecule has 0 unspecified atom stereocenters. The molecule has 2 aliphatic rings. The lowest BCUT2D eigenvalue weighted by molar-refractivity contribution is -0.119. The number of carbonyl (C=O) groups excluding carboxylic acids is 2. The number of carbonyl (C=O) groups is 2. The molecule has 5 rings (SSSR count). The number of methoxy groups -OCH3 is 1. The molecule has 46 heavy (non-hydrogen) atoms. The first-order chi connectivity index (χ1) is 22.2. The van der Waals surface area contributed by atoms with Crippen LogP contribution in [0.3, 0.4) is 0 Å². The van der Waals surface area contributed by atoms with Crippen LogP contribution in [0.15, 0.2) is 54.7 Å². The summed E-state index contributed by atoms with van der Waals surface area (Å²) < 4.78 is 11.8. The molecule has 0 saturated heterocycles. The summed E-state index contributed by atoms with van der Waals surface area (Å²) in [5, 5.41) is 4.10. The minimum Gasteiger partial charge on any atom is -0.493 e. The standard InChI is InChI=1S/C37H47ClN4O4/c1-6-7-31(43)22-39-29-14-8-25(9-15-29)23-41(4)30-16-17-35(40-21-30)42-36(44)19-27-18-33(45-5)34(46-24(2)3)20-32(27)37(42)26-10-12-28(38)13-11-26/h10-13,16-18,20-21,24-25,29,37,39H,6-9,14-15,19,22-23H2,1-5H3/t25?,29?,37-/m0/s1. The second-order valence-corrected chi connectivity index (χ2v) is 13.3. The third-order valence-electron chi connectivity index (χ3n) is 9.05. The Morgan fingerprint density at radius 1 is 1.09 bits per heavy atom. The second kappa shape index (κ2) is 15.3. The third kappa shape index (κ3) is 8.02. The average Bonchev–Trinajstić information content (AvgIpc) is 3.04. The van der Waals surface area contributed by atoms with Gasteiger partial charge in [0, 0.05) is 31.1 Å². The summed E-state index contributed by atoms with van der Waals surface area (Å²) in [4.78, 5) is 34.7. The number of nitrogens with one attached hydrogen (secondary N) is 1. The molecule has 1 amide bonds. The van der Waals surface area contributed by atoms with Crippen LogP contribution in [0.1, 0.15) is 82.0 Å². The summed E-state index contributed by atoms with van der Waals surface area (Å²) in [5.74, 6) is 2.70. The van der Waals surface area contributed by atoms with Gasteiger partial charge >= 0.3 is 0 Å². The monoisotopic (exact) mass is 646 g/mol. The van der Waals surface area contributed by atoms with Crippen molar-refractivity contribution in [2.75, 3.05) is 37.0 Å². The minimum absolute atomic E-state index is 0.0394. The topological polar surface area (TPSA) is 84.0 Å². The highest BCUT2D eigenvalue weighted by molar-refractivity contribution is 6.30. The number of aromatic nitrogens is 1. The minimum atomic E-state index is -0.411. The fourth-order valence-corrected chi connectivity index (χ4v) is 6.84. The second-order valence-electron chi connectivity index (χ2n) is 12.9. The summed E-state index contributed by atoms with van der Waals surface area (Å²) in [6.07, 6.45) is 8.07. The van der Waals surface area contributed by atoms with Crippen molar-refractivity contribution in [1.82, 2.24) is 10.3 Å². The number of amides is 1. The molecule has 0 spiro atoms. The third-order valence-corrected chi connectivity index (χ3v) is 9.30. The van der Waals surface area contributed by atoms with E-state index in [4.69, 9.17) is 26.1 Å². The normalized spacial score (nSPS) is 19.6. The largest absolute Gasteiger partial charge is 0.493 e. The molecule has 0 bridgehead atoms. The zero-order valence-corrected chi connectivity index (χ0v) is 28.5. The fraction of sp³-hybridized carbons (Fsp3) is 0.486. The van der Waals surface area contributed by atoms with Crippen molar-refractivity contribution >= 4 is 34.8 Å². The molecular weight excluding hydrogens is 600 g/mol. The molecule has 246 valence electrons. The SMILES string of the molecule is CCCC(=O)CNC1CCC(CN(C)c2ccc(N3C(=O)Cc4cc(OC)c(OC(C)C)cc4[C@@H]3c3ccc(Cl)cc3)nc2)CC1. The smallest absolute Gasteiger partial charge is 0.233 e. The molecule has 9 heteroatoms. The summed E-state index contributed by atoms with van der Waals surface area (Å²) in [5.41, 5.74) is 3.82. The van der Waals surface area contributed by atoms with E-state index in [0.29, 0.717) is 53.0 Å². The molecule has 2 heterocycles. The predicted molar refractivity (Wildman–Crippen MR) is 184 cm³/mol. The maximum atomic E-state index is 13.8. The van der Waals surface area contributed by atoms with Gasteiger partial charge in [0.25, 0.3) is 0 Å². The number of nitrogens with zero attached hydrogens (tertiary/aromatic N) is 3. The molecular formula is C37H47ClN4O4. The molecule has 2 aromatic carbocycles. The van der Waals surface area contributed by atoms with E-state index in [1.165, 1.54) is 0 Å². The van der Waals surface area contributed by atoms with Gasteiger partial charge in [0.1, 0.15) is 11.6 Å². The molecule has 0 radical (unpaired) electrons. The van der Waals surface area contributed by atoms with E-state index in [1.807, 2.05) is 69.4 Å². The van der Waals surface area contributed by atoms with Crippen LogP contribution in [-0.4, -0.2) is 56.1 Å². The van der Waals surface area contributed by atoms with Gasteiger partial charge in [-0.3, -0.25) is 14.5 Å². The van der Waals surface area contributed by atoms with Gasteiger partial charge in [0.15, 0.2) is 11.5 Å². The Morgan fingerprint density at radius 3 is 2.46 bits per heavy atom. The first-order valence-corrected chi connectivity index (χ1v) is 16.9. The van der Waals surface area contributed by atoms with Crippen LogP contribution in [0, 0.1) is 5.92 Å². The summed E-state index contributed by atoms with van der Waals surface area (Å²) in [7, 11) is 3.72. The molecule has 8 nitrogen and oxygen atoms in total. The number of fused-ring (bicyclic) bond motifs is 1. The molecule has 1 saturated carbocycles. The lowest BCUT2D eigenvalue weighted by Crippen LogP contribution is -2.41. The molecule has 1 N–H and O–H groups in total. The first kappa shape index (κ1) is 33.7. The number of halogens is 1. The number of hydrogen-bond donors (Lipinski definition) is 1. The van der Waals surface area contributed by atoms with Crippen LogP contribution in [0.25, 0.3) is 0 Å². The van der Waals surface area contributed by atoms with Crippen molar-refractivity contribution in [3.05, 3.63) is 76.4 Å². The van der Waals surface area contributed by atoms with Crippen LogP contribution >= 0.6 is 11.6 Å². The van der Waals surface area contributed by atoms with Gasteiger partial charge in [-0.1, -0.05) is 30.7 Å². The van der Waals surface area contributed by atoms with Gasteiger partial charge in [-0.15, -0.1) is 0 Å². The summed E-state index contributed by atoms with van der Waals surface area (Å²) in [6.45, 7) is 7.44. The number of rotatable bonds is 13. The number of anilines is 2. The van der Waals surface area contributed by atoms with Gasteiger partial charge in [0.05, 0.1) is 44.1 Å². The van der Waals surface area contributed by atoms with Gasteiger partial charge in [-0.2, -0.15) is 0 Å². The lowest BCUT2D eigenvalue weighted by atomic mass is 9.85. The Hall–Kier alpha value is -3.62. The van der Waals surface area contributed by atoms with E-state index in [9.17, 15) is 9.59 Å². The highest BCUT2D eigenvalue weighted by Gasteiger charge is 2.37. The van der Waals surface area contributed by atoms with Crippen LogP contribution in [0.5, 0.6) is 11.5 Å². The maximum absolute atomic E-state index is 13.8. The highest BCUT2D eigenvalue weighted by atomic mass is 35.5. The van der Waals surface area contributed by atoms with E-state index >= 15 is 0 Å². The zero-order chi connectivity index (χ0) is 32.8. The van der Waals surface area contributed by atoms with Crippen LogP contribution in [-0.2, 0) is 16.0 Å². The molecule has 3 aromatic rings. The lowest BCUT2D eigenvalue weighted by Gasteiger charge is -2.37. The fourth-order valence-electron chi connectivity index (χ4n) is 6.71. The van der Waals surface area contributed by atoms with E-state index in [0.717, 1.165) is 61.0 Å². The Balaban J connectivity index is 1.33. The van der Waals surface area contributed by atoms with Gasteiger partial charge in [-0.05, 0) is 105 Å². The van der Waals surface area contributed by atoms with Crippen molar-refractivity contribution in [3.63, 3.8) is 0 Å². The number of hydrogen-bond acceptors (Lipinski definition) is 7. The van der Waals surface area contributed by atoms with Gasteiger partial charge in [0.2, 0.25) is 5.91 Å². The van der Waals surface area contributed by atoms with Crippen molar-refractivity contribution in [2.24, 2.45) is 5.92 Å². The predicted octanol–water partition coefficient (Wildman–Crippen LogP) is 7.16. The number of benzene rings is 2. The van der Waals surface area contributed by atoms with E-state index in [1.54, 1.807) is 12.0 Å². The highest BCUT2D eigenvalue weighted by Crippen LogP contribution is 2.43. The van der Waals surface area contributed by atoms with Gasteiger partial charge in [-0.25, -0.2) is 4.98 Å². The van der Waals surface area contributed by atoms with Crippen LogP contribution in [0.2, 0.25) is 5.02 Å². The molecule has 1 aromatic heterocycles. The van der Waals surface area contributed by atoms with Crippen molar-refractivity contribution in [2.45, 2.75) is 83.9 Å². The Labute approximate surface area is 278 Å². The van der Waals surface area contributed by atoms with Crippen molar-refractivity contribution in [3.8, 4) is 11.5 Å². The number of ether oxygens (including phenoxy) is 2. The first-order valence-electron chi connectivity index (χ1n) is 16.5. The summed E-state index contributed by atoms with van der Waals surface area (Å²) in [6, 6.07) is 15.6.